The molecule has 0 aliphatic heterocycles. The second-order valence-electron chi connectivity index (χ2n) is 3.90. The van der Waals surface area contributed by atoms with Crippen LogP contribution >= 0.6 is 15.9 Å². The van der Waals surface area contributed by atoms with Crippen LogP contribution in [0.15, 0.2) is 21.2 Å². The maximum atomic E-state index is 12.3. The van der Waals surface area contributed by atoms with Crippen molar-refractivity contribution in [2.24, 2.45) is 0 Å². The summed E-state index contributed by atoms with van der Waals surface area (Å²) in [6, 6.07) is 3.30. The van der Waals surface area contributed by atoms with Crippen molar-refractivity contribution in [3.63, 3.8) is 0 Å². The van der Waals surface area contributed by atoms with Crippen LogP contribution in [0.25, 0.3) is 0 Å². The molecule has 0 saturated heterocycles. The van der Waals surface area contributed by atoms with Crippen molar-refractivity contribution in [2.45, 2.75) is 13.0 Å². The predicted molar refractivity (Wildman–Crippen MR) is 70.7 cm³/mol. The third-order valence-corrected chi connectivity index (χ3v) is 2.95. The molecule has 1 heterocycles. The van der Waals surface area contributed by atoms with Gasteiger partial charge in [-0.3, -0.25) is 4.79 Å². The zero-order valence-corrected chi connectivity index (χ0v) is 12.4. The number of hydrogen-bond acceptors (Lipinski definition) is 4. The van der Waals surface area contributed by atoms with Crippen LogP contribution in [0.5, 0.6) is 0 Å². The normalized spacial score (nSPS) is 12.4. The van der Waals surface area contributed by atoms with Crippen LogP contribution in [-0.4, -0.2) is 50.8 Å². The van der Waals surface area contributed by atoms with Crippen LogP contribution < -0.4 is 0 Å². The van der Waals surface area contributed by atoms with Crippen molar-refractivity contribution in [3.05, 3.63) is 22.6 Å². The molecular formula is C12H18BrNO4. The maximum Gasteiger partial charge on any atom is 0.290 e. The summed E-state index contributed by atoms with van der Waals surface area (Å²) in [5.41, 5.74) is 0. The zero-order valence-electron chi connectivity index (χ0n) is 10.8. The van der Waals surface area contributed by atoms with E-state index < -0.39 is 0 Å². The largest absolute Gasteiger partial charge is 0.444 e. The van der Waals surface area contributed by atoms with E-state index >= 15 is 0 Å². The summed E-state index contributed by atoms with van der Waals surface area (Å²) in [6.45, 7) is 3.37. The molecule has 0 aliphatic rings. The second-order valence-corrected chi connectivity index (χ2v) is 4.68. The molecule has 1 aromatic rings. The van der Waals surface area contributed by atoms with Gasteiger partial charge in [0.05, 0.1) is 19.3 Å². The van der Waals surface area contributed by atoms with E-state index in [1.54, 1.807) is 31.3 Å². The van der Waals surface area contributed by atoms with Crippen molar-refractivity contribution in [2.75, 3.05) is 34.0 Å². The molecular weight excluding hydrogens is 302 g/mol. The first kappa shape index (κ1) is 15.2. The molecule has 18 heavy (non-hydrogen) atoms. The number of carbonyl (C=O) groups excluding carboxylic acids is 1. The van der Waals surface area contributed by atoms with Gasteiger partial charge in [-0.2, -0.15) is 0 Å². The SMILES string of the molecule is COCCN(C(=O)c1ccc(Br)o1)C(C)COC. The van der Waals surface area contributed by atoms with Gasteiger partial charge in [-0.1, -0.05) is 0 Å². The van der Waals surface area contributed by atoms with Gasteiger partial charge in [-0.15, -0.1) is 0 Å². The minimum atomic E-state index is -0.165. The number of ether oxygens (including phenoxy) is 2. The van der Waals surface area contributed by atoms with Crippen molar-refractivity contribution in [1.82, 2.24) is 4.90 Å². The Bertz CT molecular complexity index is 380. The Hall–Kier alpha value is -0.850. The smallest absolute Gasteiger partial charge is 0.290 e. The molecule has 1 amide bonds. The first-order valence-corrected chi connectivity index (χ1v) is 6.43. The van der Waals surface area contributed by atoms with Crippen LogP contribution in [0.2, 0.25) is 0 Å². The Morgan fingerprint density at radius 1 is 1.44 bits per heavy atom. The molecule has 5 nitrogen and oxygen atoms in total. The van der Waals surface area contributed by atoms with Gasteiger partial charge in [0, 0.05) is 20.8 Å². The molecule has 0 N–H and O–H groups in total. The lowest BCUT2D eigenvalue weighted by Crippen LogP contribution is -2.42. The highest BCUT2D eigenvalue weighted by atomic mass is 79.9. The summed E-state index contributed by atoms with van der Waals surface area (Å²) >= 11 is 3.18. The van der Waals surface area contributed by atoms with Gasteiger partial charge in [0.2, 0.25) is 0 Å². The number of methoxy groups -OCH3 is 2. The summed E-state index contributed by atoms with van der Waals surface area (Å²) in [7, 11) is 3.21. The highest BCUT2D eigenvalue weighted by Crippen LogP contribution is 2.17. The van der Waals surface area contributed by atoms with E-state index in [-0.39, 0.29) is 11.9 Å². The van der Waals surface area contributed by atoms with Gasteiger partial charge in [0.15, 0.2) is 10.4 Å². The third-order valence-electron chi connectivity index (χ3n) is 2.52. The lowest BCUT2D eigenvalue weighted by Gasteiger charge is -2.27. The number of carbonyl (C=O) groups is 1. The molecule has 0 radical (unpaired) electrons. The molecule has 1 unspecified atom stereocenters. The van der Waals surface area contributed by atoms with Gasteiger partial charge in [-0.25, -0.2) is 0 Å². The van der Waals surface area contributed by atoms with Crippen LogP contribution in [0.3, 0.4) is 0 Å². The minimum absolute atomic E-state index is 0.0403. The van der Waals surface area contributed by atoms with Crippen molar-refractivity contribution in [3.8, 4) is 0 Å². The molecule has 0 aromatic carbocycles. The monoisotopic (exact) mass is 319 g/mol. The summed E-state index contributed by atoms with van der Waals surface area (Å²) < 4.78 is 15.9. The number of rotatable bonds is 7. The van der Waals surface area contributed by atoms with E-state index in [1.165, 1.54) is 0 Å². The van der Waals surface area contributed by atoms with Gasteiger partial charge < -0.3 is 18.8 Å². The van der Waals surface area contributed by atoms with Crippen LogP contribution in [-0.2, 0) is 9.47 Å². The van der Waals surface area contributed by atoms with Gasteiger partial charge in [0.1, 0.15) is 0 Å². The lowest BCUT2D eigenvalue weighted by molar-refractivity contribution is 0.0451. The fourth-order valence-electron chi connectivity index (χ4n) is 1.61. The van der Waals surface area contributed by atoms with E-state index in [0.29, 0.717) is 30.2 Å². The number of hydrogen-bond donors (Lipinski definition) is 0. The average molecular weight is 320 g/mol. The fraction of sp³-hybridized carbons (Fsp3) is 0.583. The molecule has 102 valence electrons. The van der Waals surface area contributed by atoms with E-state index in [4.69, 9.17) is 13.9 Å². The van der Waals surface area contributed by atoms with E-state index in [0.717, 1.165) is 0 Å². The second kappa shape index (κ2) is 7.56. The Balaban J connectivity index is 2.77. The lowest BCUT2D eigenvalue weighted by atomic mass is 10.2. The van der Waals surface area contributed by atoms with E-state index in [1.807, 2.05) is 6.92 Å². The molecule has 0 aliphatic carbocycles. The molecule has 0 fully saturated rings. The minimum Gasteiger partial charge on any atom is -0.444 e. The van der Waals surface area contributed by atoms with E-state index in [2.05, 4.69) is 15.9 Å². The quantitative estimate of drug-likeness (QED) is 0.773. The summed E-state index contributed by atoms with van der Waals surface area (Å²) in [5, 5.41) is 0. The first-order valence-electron chi connectivity index (χ1n) is 5.64. The Labute approximate surface area is 115 Å². The molecule has 6 heteroatoms. The van der Waals surface area contributed by atoms with E-state index in [9.17, 15) is 4.79 Å². The number of furan rings is 1. The van der Waals surface area contributed by atoms with Crippen LogP contribution in [0.4, 0.5) is 0 Å². The number of amides is 1. The van der Waals surface area contributed by atoms with Gasteiger partial charge >= 0.3 is 0 Å². The van der Waals surface area contributed by atoms with Gasteiger partial charge in [0.25, 0.3) is 5.91 Å². The molecule has 0 spiro atoms. The van der Waals surface area contributed by atoms with Crippen molar-refractivity contribution < 1.29 is 18.7 Å². The molecule has 1 aromatic heterocycles. The summed E-state index contributed by atoms with van der Waals surface area (Å²) in [6.07, 6.45) is 0. The first-order chi connectivity index (χ1) is 8.60. The molecule has 0 bridgehead atoms. The molecule has 1 atom stereocenters. The number of nitrogens with zero attached hydrogens (tertiary/aromatic N) is 1. The highest BCUT2D eigenvalue weighted by molar-refractivity contribution is 9.10. The molecule has 0 saturated carbocycles. The third kappa shape index (κ3) is 4.12. The number of halogens is 1. The molecule has 1 rings (SSSR count). The van der Waals surface area contributed by atoms with Crippen LogP contribution in [0.1, 0.15) is 17.5 Å². The van der Waals surface area contributed by atoms with Crippen molar-refractivity contribution >= 4 is 21.8 Å². The Morgan fingerprint density at radius 2 is 2.17 bits per heavy atom. The summed E-state index contributed by atoms with van der Waals surface area (Å²) in [4.78, 5) is 14.0. The average Bonchev–Trinajstić information content (AvgIpc) is 2.76. The zero-order chi connectivity index (χ0) is 13.5. The predicted octanol–water partition coefficient (Wildman–Crippen LogP) is 2.17. The standard InChI is InChI=1S/C12H18BrNO4/c1-9(8-17-3)14(6-7-16-2)12(15)10-4-5-11(13)18-10/h4-5,9H,6-8H2,1-3H3. The van der Waals surface area contributed by atoms with Crippen LogP contribution in [0, 0.1) is 0 Å². The Kier molecular flexibility index (Phi) is 6.38. The highest BCUT2D eigenvalue weighted by Gasteiger charge is 2.23. The topological polar surface area (TPSA) is 51.9 Å². The summed E-state index contributed by atoms with van der Waals surface area (Å²) in [5.74, 6) is 0.142. The van der Waals surface area contributed by atoms with Gasteiger partial charge in [-0.05, 0) is 35.0 Å². The van der Waals surface area contributed by atoms with Crippen molar-refractivity contribution in [1.29, 1.82) is 0 Å². The fourth-order valence-corrected chi connectivity index (χ4v) is 1.92. The maximum absolute atomic E-state index is 12.3. The Morgan fingerprint density at radius 3 is 2.67 bits per heavy atom.